The first-order chi connectivity index (χ1) is 8.01. The molecule has 0 saturated carbocycles. The van der Waals surface area contributed by atoms with Crippen LogP contribution in [0, 0.1) is 5.92 Å². The molecule has 0 amide bonds. The van der Waals surface area contributed by atoms with Crippen LogP contribution in [0.2, 0.25) is 0 Å². The highest BCUT2D eigenvalue weighted by Gasteiger charge is 2.23. The van der Waals surface area contributed by atoms with Crippen LogP contribution in [-0.4, -0.2) is 37.8 Å². The van der Waals surface area contributed by atoms with Gasteiger partial charge in [0, 0.05) is 12.6 Å². The molecular weight excluding hydrogens is 240 g/mol. The summed E-state index contributed by atoms with van der Waals surface area (Å²) < 4.78 is 1.53. The maximum Gasteiger partial charge on any atom is 0.343 e. The largest absolute Gasteiger partial charge is 0.395 e. The Morgan fingerprint density at radius 2 is 2.24 bits per heavy atom. The molecule has 0 spiro atoms. The first-order valence-corrected chi connectivity index (χ1v) is 6.57. The monoisotopic (exact) mass is 260 g/mol. The quantitative estimate of drug-likeness (QED) is 0.627. The van der Waals surface area contributed by atoms with E-state index in [2.05, 4.69) is 10.2 Å². The highest BCUT2D eigenvalue weighted by Crippen LogP contribution is 2.24. The molecule has 1 aromatic heterocycles. The molecule has 0 bridgehead atoms. The van der Waals surface area contributed by atoms with Gasteiger partial charge in [0.05, 0.1) is 11.9 Å². The average molecular weight is 260 g/mol. The Hall–Kier alpha value is -0.790. The Kier molecular flexibility index (Phi) is 5.23. The smallest absolute Gasteiger partial charge is 0.343 e. The lowest BCUT2D eigenvalue weighted by atomic mass is 10.0. The Labute approximate surface area is 105 Å². The zero-order valence-corrected chi connectivity index (χ0v) is 11.2. The Balaban J connectivity index is 2.84. The third-order valence-corrected chi connectivity index (χ3v) is 3.96. The fraction of sp³-hybridized carbons (Fsp3) is 0.800. The van der Waals surface area contributed by atoms with Gasteiger partial charge in [-0.05, 0) is 12.8 Å². The fourth-order valence-corrected chi connectivity index (χ4v) is 2.73. The SMILES string of the molecule is CCn1c(SC(CO)C(N)C(C)C)n[nH]c1=O. The van der Waals surface area contributed by atoms with Crippen LogP contribution in [-0.2, 0) is 6.54 Å². The standard InChI is InChI=1S/C10H20N4O2S/c1-4-14-9(16)12-13-10(14)17-7(5-15)8(11)6(2)3/h6-8,15H,4-5,11H2,1-3H3,(H,12,16). The fourth-order valence-electron chi connectivity index (χ4n) is 1.47. The number of aromatic nitrogens is 3. The summed E-state index contributed by atoms with van der Waals surface area (Å²) in [6, 6.07) is -0.137. The highest BCUT2D eigenvalue weighted by molar-refractivity contribution is 7.99. The summed E-state index contributed by atoms with van der Waals surface area (Å²) in [4.78, 5) is 11.4. The second-order valence-electron chi connectivity index (χ2n) is 4.22. The number of nitrogens with two attached hydrogens (primary N) is 1. The van der Waals surface area contributed by atoms with Crippen molar-refractivity contribution in [3.05, 3.63) is 10.5 Å². The number of nitrogens with one attached hydrogen (secondary N) is 1. The molecule has 6 nitrogen and oxygen atoms in total. The molecule has 4 N–H and O–H groups in total. The number of rotatable bonds is 6. The van der Waals surface area contributed by atoms with Crippen molar-refractivity contribution in [2.45, 2.75) is 43.8 Å². The number of aliphatic hydroxyl groups is 1. The van der Waals surface area contributed by atoms with Crippen LogP contribution in [0.1, 0.15) is 20.8 Å². The molecule has 1 rings (SSSR count). The molecule has 0 radical (unpaired) electrons. The van der Waals surface area contributed by atoms with Crippen molar-refractivity contribution in [3.8, 4) is 0 Å². The van der Waals surface area contributed by atoms with E-state index in [1.165, 1.54) is 16.3 Å². The van der Waals surface area contributed by atoms with Crippen molar-refractivity contribution in [1.29, 1.82) is 0 Å². The van der Waals surface area contributed by atoms with Crippen LogP contribution in [0.4, 0.5) is 0 Å². The van der Waals surface area contributed by atoms with Crippen molar-refractivity contribution in [1.82, 2.24) is 14.8 Å². The number of hydrogen-bond donors (Lipinski definition) is 3. The summed E-state index contributed by atoms with van der Waals surface area (Å²) in [5.41, 5.74) is 5.78. The second kappa shape index (κ2) is 6.23. The van der Waals surface area contributed by atoms with Gasteiger partial charge in [-0.3, -0.25) is 4.57 Å². The maximum atomic E-state index is 11.4. The third-order valence-electron chi connectivity index (χ3n) is 2.68. The van der Waals surface area contributed by atoms with Gasteiger partial charge in [-0.15, -0.1) is 5.10 Å². The molecule has 2 atom stereocenters. The normalized spacial score (nSPS) is 15.2. The molecular formula is C10H20N4O2S. The van der Waals surface area contributed by atoms with Crippen LogP contribution < -0.4 is 11.4 Å². The summed E-state index contributed by atoms with van der Waals surface area (Å²) in [5, 5.41) is 16.1. The van der Waals surface area contributed by atoms with Crippen molar-refractivity contribution in [2.75, 3.05) is 6.61 Å². The van der Waals surface area contributed by atoms with Gasteiger partial charge in [0.2, 0.25) is 0 Å². The molecule has 0 aliphatic heterocycles. The number of thioether (sulfide) groups is 1. The Morgan fingerprint density at radius 1 is 1.59 bits per heavy atom. The van der Waals surface area contributed by atoms with E-state index in [1.807, 2.05) is 20.8 Å². The van der Waals surface area contributed by atoms with E-state index >= 15 is 0 Å². The number of aliphatic hydroxyl groups excluding tert-OH is 1. The van der Waals surface area contributed by atoms with E-state index in [9.17, 15) is 9.90 Å². The van der Waals surface area contributed by atoms with E-state index < -0.39 is 0 Å². The molecule has 0 fully saturated rings. The lowest BCUT2D eigenvalue weighted by Gasteiger charge is -2.23. The summed E-state index contributed by atoms with van der Waals surface area (Å²) in [6.07, 6.45) is 0. The third kappa shape index (κ3) is 3.34. The molecule has 0 saturated heterocycles. The predicted octanol–water partition coefficient (Wildman–Crippen LogP) is 0.0276. The summed E-state index contributed by atoms with van der Waals surface area (Å²) in [6.45, 7) is 6.40. The van der Waals surface area contributed by atoms with Crippen molar-refractivity contribution in [3.63, 3.8) is 0 Å². The van der Waals surface area contributed by atoms with E-state index in [0.29, 0.717) is 11.7 Å². The topological polar surface area (TPSA) is 96.9 Å². The van der Waals surface area contributed by atoms with E-state index in [1.54, 1.807) is 0 Å². The van der Waals surface area contributed by atoms with E-state index in [0.717, 1.165) is 0 Å². The van der Waals surface area contributed by atoms with Crippen molar-refractivity contribution >= 4 is 11.8 Å². The van der Waals surface area contributed by atoms with Crippen LogP contribution in [0.5, 0.6) is 0 Å². The highest BCUT2D eigenvalue weighted by atomic mass is 32.2. The zero-order valence-electron chi connectivity index (χ0n) is 10.4. The van der Waals surface area contributed by atoms with Gasteiger partial charge in [0.1, 0.15) is 0 Å². The first kappa shape index (κ1) is 14.3. The molecule has 1 aromatic rings. The van der Waals surface area contributed by atoms with Crippen molar-refractivity contribution < 1.29 is 5.11 Å². The van der Waals surface area contributed by atoms with Gasteiger partial charge in [-0.1, -0.05) is 25.6 Å². The minimum atomic E-state index is -0.232. The van der Waals surface area contributed by atoms with Crippen LogP contribution in [0.15, 0.2) is 9.95 Å². The molecule has 0 aliphatic carbocycles. The van der Waals surface area contributed by atoms with Crippen LogP contribution in [0.3, 0.4) is 0 Å². The Bertz CT molecular complexity index is 401. The minimum Gasteiger partial charge on any atom is -0.395 e. The molecule has 0 aromatic carbocycles. The van der Waals surface area contributed by atoms with Crippen LogP contribution >= 0.6 is 11.8 Å². The summed E-state index contributed by atoms with van der Waals surface area (Å²) >= 11 is 1.34. The van der Waals surface area contributed by atoms with Gasteiger partial charge < -0.3 is 10.8 Å². The number of H-pyrrole nitrogens is 1. The molecule has 0 aliphatic rings. The molecule has 7 heteroatoms. The van der Waals surface area contributed by atoms with Crippen molar-refractivity contribution in [2.24, 2.45) is 11.7 Å². The van der Waals surface area contributed by atoms with Gasteiger partial charge in [-0.25, -0.2) is 9.89 Å². The lowest BCUT2D eigenvalue weighted by Crippen LogP contribution is -2.39. The molecule has 2 unspecified atom stereocenters. The molecule has 98 valence electrons. The van der Waals surface area contributed by atoms with E-state index in [4.69, 9.17) is 5.73 Å². The van der Waals surface area contributed by atoms with Gasteiger partial charge in [-0.2, -0.15) is 0 Å². The summed E-state index contributed by atoms with van der Waals surface area (Å²) in [7, 11) is 0. The van der Waals surface area contributed by atoms with Gasteiger partial charge >= 0.3 is 5.69 Å². The van der Waals surface area contributed by atoms with Crippen LogP contribution in [0.25, 0.3) is 0 Å². The predicted molar refractivity (Wildman–Crippen MR) is 68.1 cm³/mol. The van der Waals surface area contributed by atoms with Gasteiger partial charge in [0.15, 0.2) is 5.16 Å². The van der Waals surface area contributed by atoms with Gasteiger partial charge in [0.25, 0.3) is 0 Å². The first-order valence-electron chi connectivity index (χ1n) is 5.69. The number of aromatic amines is 1. The second-order valence-corrected chi connectivity index (χ2v) is 5.42. The summed E-state index contributed by atoms with van der Waals surface area (Å²) in [5.74, 6) is 0.264. The zero-order chi connectivity index (χ0) is 13.0. The maximum absolute atomic E-state index is 11.4. The van der Waals surface area contributed by atoms with E-state index in [-0.39, 0.29) is 29.5 Å². The minimum absolute atomic E-state index is 0.0330. The molecule has 17 heavy (non-hydrogen) atoms. The number of hydrogen-bond acceptors (Lipinski definition) is 5. The molecule has 1 heterocycles. The Morgan fingerprint density at radius 3 is 2.71 bits per heavy atom. The average Bonchev–Trinajstić information content (AvgIpc) is 2.65. The lowest BCUT2D eigenvalue weighted by molar-refractivity contribution is 0.269. The number of nitrogens with zero attached hydrogens (tertiary/aromatic N) is 2.